The molecule has 0 bridgehead atoms. The number of carbonyl (C=O) groups excluding carboxylic acids is 1. The van der Waals surface area contributed by atoms with Crippen LogP contribution in [0.3, 0.4) is 0 Å². The molecule has 0 unspecified atom stereocenters. The van der Waals surface area contributed by atoms with Crippen molar-refractivity contribution >= 4 is 27.0 Å². The van der Waals surface area contributed by atoms with Gasteiger partial charge in [-0.3, -0.25) is 4.79 Å². The summed E-state index contributed by atoms with van der Waals surface area (Å²) in [6, 6.07) is 5.13. The van der Waals surface area contributed by atoms with Crippen LogP contribution in [0.15, 0.2) is 35.2 Å². The predicted molar refractivity (Wildman–Crippen MR) is 119 cm³/mol. The number of amides is 1. The van der Waals surface area contributed by atoms with Gasteiger partial charge in [-0.25, -0.2) is 13.4 Å². The molecule has 1 aliphatic rings. The van der Waals surface area contributed by atoms with Crippen LogP contribution < -0.4 is 0 Å². The Hall–Kier alpha value is -2.19. The smallest absolute Gasteiger partial charge is 0.243 e. The zero-order chi connectivity index (χ0) is 21.9. The summed E-state index contributed by atoms with van der Waals surface area (Å²) in [5.74, 6) is 0.846. The maximum atomic E-state index is 13.0. The van der Waals surface area contributed by atoms with Crippen molar-refractivity contribution in [2.75, 3.05) is 26.2 Å². The van der Waals surface area contributed by atoms with E-state index in [2.05, 4.69) is 11.6 Å². The largest absolute Gasteiger partial charge is 0.339 e. The van der Waals surface area contributed by atoms with E-state index in [1.807, 2.05) is 31.5 Å². The quantitative estimate of drug-likeness (QED) is 0.601. The van der Waals surface area contributed by atoms with E-state index >= 15 is 0 Å². The second-order valence-corrected chi connectivity index (χ2v) is 10.0. The van der Waals surface area contributed by atoms with Crippen LogP contribution >= 0.6 is 0 Å². The molecule has 2 heterocycles. The second kappa shape index (κ2) is 9.31. The number of likely N-dealkylation sites (N-methyl/N-ethyl adjacent to an activating group) is 1. The molecule has 1 saturated heterocycles. The summed E-state index contributed by atoms with van der Waals surface area (Å²) in [4.78, 5) is 19.2. The van der Waals surface area contributed by atoms with Gasteiger partial charge in [0.15, 0.2) is 0 Å². The molecule has 0 N–H and O–H groups in total. The molecular formula is C22H32N4O3S. The molecule has 164 valence electrons. The SMILES string of the molecule is C=C(C)CN(CC)C(=O)CCc1nc2cc(S(=O)(=O)N3CCCCC3)ccc2n1C. The Bertz CT molecular complexity index is 1040. The minimum Gasteiger partial charge on any atom is -0.339 e. The van der Waals surface area contributed by atoms with Crippen molar-refractivity contribution in [1.29, 1.82) is 0 Å². The van der Waals surface area contributed by atoms with E-state index in [1.165, 1.54) is 0 Å². The first kappa shape index (κ1) is 22.5. The Morgan fingerprint density at radius 3 is 2.57 bits per heavy atom. The van der Waals surface area contributed by atoms with Gasteiger partial charge in [-0.05, 0) is 44.9 Å². The van der Waals surface area contributed by atoms with Crippen LogP contribution in [-0.2, 0) is 28.3 Å². The van der Waals surface area contributed by atoms with Gasteiger partial charge in [0, 0.05) is 46.1 Å². The summed E-state index contributed by atoms with van der Waals surface area (Å²) in [5, 5.41) is 0. The highest BCUT2D eigenvalue weighted by molar-refractivity contribution is 7.89. The van der Waals surface area contributed by atoms with Crippen LogP contribution in [0, 0.1) is 0 Å². The maximum Gasteiger partial charge on any atom is 0.243 e. The molecule has 30 heavy (non-hydrogen) atoms. The van der Waals surface area contributed by atoms with Gasteiger partial charge in [0.2, 0.25) is 15.9 Å². The Morgan fingerprint density at radius 1 is 1.23 bits per heavy atom. The number of benzene rings is 1. The summed E-state index contributed by atoms with van der Waals surface area (Å²) in [6.07, 6.45) is 3.75. The first-order valence-corrected chi connectivity index (χ1v) is 12.1. The number of piperidine rings is 1. The van der Waals surface area contributed by atoms with E-state index in [0.29, 0.717) is 44.5 Å². The fourth-order valence-corrected chi connectivity index (χ4v) is 5.48. The Balaban J connectivity index is 1.79. The summed E-state index contributed by atoms with van der Waals surface area (Å²) in [7, 11) is -1.59. The Kier molecular flexibility index (Phi) is 6.98. The van der Waals surface area contributed by atoms with Crippen molar-refractivity contribution in [3.63, 3.8) is 0 Å². The predicted octanol–water partition coefficient (Wildman–Crippen LogP) is 3.11. The number of fused-ring (bicyclic) bond motifs is 1. The molecule has 7 nitrogen and oxygen atoms in total. The van der Waals surface area contributed by atoms with Gasteiger partial charge in [-0.1, -0.05) is 18.6 Å². The fourth-order valence-electron chi connectivity index (χ4n) is 3.95. The first-order chi connectivity index (χ1) is 14.2. The van der Waals surface area contributed by atoms with Crippen molar-refractivity contribution in [2.24, 2.45) is 7.05 Å². The molecule has 0 saturated carbocycles. The first-order valence-electron chi connectivity index (χ1n) is 10.6. The number of rotatable bonds is 8. The molecule has 2 aromatic rings. The van der Waals surface area contributed by atoms with Gasteiger partial charge < -0.3 is 9.47 Å². The van der Waals surface area contributed by atoms with E-state index in [-0.39, 0.29) is 10.8 Å². The number of aromatic nitrogens is 2. The molecule has 3 rings (SSSR count). The van der Waals surface area contributed by atoms with Crippen LogP contribution in [0.5, 0.6) is 0 Å². The molecule has 1 amide bonds. The molecule has 8 heteroatoms. The third-order valence-electron chi connectivity index (χ3n) is 5.66. The van der Waals surface area contributed by atoms with E-state index in [0.717, 1.165) is 36.2 Å². The lowest BCUT2D eigenvalue weighted by molar-refractivity contribution is -0.130. The molecule has 1 fully saturated rings. The number of hydrogen-bond acceptors (Lipinski definition) is 4. The van der Waals surface area contributed by atoms with Gasteiger partial charge in [0.25, 0.3) is 0 Å². The Morgan fingerprint density at radius 2 is 1.93 bits per heavy atom. The zero-order valence-corrected chi connectivity index (χ0v) is 19.0. The maximum absolute atomic E-state index is 13.0. The van der Waals surface area contributed by atoms with Crippen LogP contribution in [0.25, 0.3) is 11.0 Å². The topological polar surface area (TPSA) is 75.5 Å². The Labute approximate surface area is 179 Å². The summed E-state index contributed by atoms with van der Waals surface area (Å²) >= 11 is 0. The highest BCUT2D eigenvalue weighted by Gasteiger charge is 2.26. The molecule has 0 atom stereocenters. The number of hydrogen-bond donors (Lipinski definition) is 0. The number of aryl methyl sites for hydroxylation is 2. The normalized spacial score (nSPS) is 15.4. The highest BCUT2D eigenvalue weighted by atomic mass is 32.2. The summed E-state index contributed by atoms with van der Waals surface area (Å²) in [5.41, 5.74) is 2.46. The molecule has 1 aromatic carbocycles. The minimum absolute atomic E-state index is 0.0703. The number of imidazole rings is 1. The van der Waals surface area contributed by atoms with E-state index < -0.39 is 10.0 Å². The average molecular weight is 433 g/mol. The number of carbonyl (C=O) groups is 1. The standard InChI is InChI=1S/C22H32N4O3S/c1-5-25(16-17(2)3)22(27)12-11-21-23-19-15-18(9-10-20(19)24(21)4)30(28,29)26-13-7-6-8-14-26/h9-10,15H,2,5-8,11-14,16H2,1,3-4H3. The van der Waals surface area contributed by atoms with Crippen molar-refractivity contribution in [2.45, 2.75) is 50.8 Å². The molecule has 0 spiro atoms. The zero-order valence-electron chi connectivity index (χ0n) is 18.2. The highest BCUT2D eigenvalue weighted by Crippen LogP contribution is 2.25. The van der Waals surface area contributed by atoms with Crippen LogP contribution in [0.1, 0.15) is 45.4 Å². The van der Waals surface area contributed by atoms with Gasteiger partial charge in [-0.2, -0.15) is 4.31 Å². The lowest BCUT2D eigenvalue weighted by Crippen LogP contribution is -2.35. The van der Waals surface area contributed by atoms with Crippen molar-refractivity contribution in [3.05, 3.63) is 36.2 Å². The van der Waals surface area contributed by atoms with Crippen LogP contribution in [-0.4, -0.2) is 59.3 Å². The molecular weight excluding hydrogens is 400 g/mol. The van der Waals surface area contributed by atoms with Gasteiger partial charge in [0.1, 0.15) is 5.82 Å². The number of nitrogens with zero attached hydrogens (tertiary/aromatic N) is 4. The molecule has 1 aliphatic heterocycles. The molecule has 0 aliphatic carbocycles. The second-order valence-electron chi connectivity index (χ2n) is 8.07. The lowest BCUT2D eigenvalue weighted by atomic mass is 10.2. The van der Waals surface area contributed by atoms with E-state index in [4.69, 9.17) is 0 Å². The van der Waals surface area contributed by atoms with Crippen molar-refractivity contribution < 1.29 is 13.2 Å². The lowest BCUT2D eigenvalue weighted by Gasteiger charge is -2.25. The minimum atomic E-state index is -3.49. The monoisotopic (exact) mass is 432 g/mol. The summed E-state index contributed by atoms with van der Waals surface area (Å²) < 4.78 is 29.4. The van der Waals surface area contributed by atoms with Gasteiger partial charge in [0.05, 0.1) is 15.9 Å². The third-order valence-corrected chi connectivity index (χ3v) is 7.55. The number of sulfonamides is 1. The van der Waals surface area contributed by atoms with E-state index in [1.54, 1.807) is 21.3 Å². The molecule has 1 aromatic heterocycles. The van der Waals surface area contributed by atoms with Crippen LogP contribution in [0.4, 0.5) is 0 Å². The fraction of sp³-hybridized carbons (Fsp3) is 0.545. The third kappa shape index (κ3) is 4.75. The van der Waals surface area contributed by atoms with Crippen molar-refractivity contribution in [1.82, 2.24) is 18.8 Å². The van der Waals surface area contributed by atoms with Gasteiger partial charge >= 0.3 is 0 Å². The van der Waals surface area contributed by atoms with Crippen LogP contribution in [0.2, 0.25) is 0 Å². The molecule has 0 radical (unpaired) electrons. The summed E-state index contributed by atoms with van der Waals surface area (Å²) in [6.45, 7) is 10.1. The van der Waals surface area contributed by atoms with Crippen molar-refractivity contribution in [3.8, 4) is 0 Å². The van der Waals surface area contributed by atoms with E-state index in [9.17, 15) is 13.2 Å². The van der Waals surface area contributed by atoms with Gasteiger partial charge in [-0.15, -0.1) is 0 Å². The average Bonchev–Trinajstić information content (AvgIpc) is 3.05.